The molecule has 1 unspecified atom stereocenters. The van der Waals surface area contributed by atoms with E-state index in [0.717, 1.165) is 19.1 Å². The van der Waals surface area contributed by atoms with Crippen molar-refractivity contribution in [1.82, 2.24) is 4.90 Å². The summed E-state index contributed by atoms with van der Waals surface area (Å²) in [5.41, 5.74) is -4.37. The van der Waals surface area contributed by atoms with E-state index in [1.54, 1.807) is 0 Å². The molecule has 1 heterocycles. The summed E-state index contributed by atoms with van der Waals surface area (Å²) in [4.78, 5) is 14.2. The van der Waals surface area contributed by atoms with E-state index in [0.29, 0.717) is 11.8 Å². The second-order valence-corrected chi connectivity index (χ2v) is 12.6. The second kappa shape index (κ2) is 13.0. The average Bonchev–Trinajstić information content (AvgIpc) is 3.19. The number of carbonyl (C=O) groups is 1. The van der Waals surface area contributed by atoms with Crippen LogP contribution in [0.4, 0.5) is 92.2 Å². The maximum Gasteiger partial charge on any atom is 0.460 e. The van der Waals surface area contributed by atoms with Crippen LogP contribution in [0.1, 0.15) is 31.4 Å². The molecule has 0 N–H and O–H groups in total. The Morgan fingerprint density at radius 3 is 1.39 bits per heavy atom. The van der Waals surface area contributed by atoms with E-state index < -0.39 is 95.0 Å². The molecule has 24 heteroatoms. The molecule has 0 saturated carbocycles. The van der Waals surface area contributed by atoms with Gasteiger partial charge in [0.25, 0.3) is 0 Å². The molecule has 2 aromatic rings. The molecule has 2 aromatic carbocycles. The summed E-state index contributed by atoms with van der Waals surface area (Å²) < 4.78 is 293. The van der Waals surface area contributed by atoms with Crippen LogP contribution in [0.5, 0.6) is 0 Å². The van der Waals surface area contributed by atoms with E-state index in [2.05, 4.69) is 0 Å². The van der Waals surface area contributed by atoms with E-state index >= 15 is 8.78 Å². The highest BCUT2D eigenvalue weighted by molar-refractivity contribution is 6.30. The van der Waals surface area contributed by atoms with Crippen molar-refractivity contribution in [2.75, 3.05) is 0 Å². The van der Waals surface area contributed by atoms with Gasteiger partial charge in [0.05, 0.1) is 17.7 Å². The number of amides is 1. The molecular formula is C30H19ClF21NO. The molecule has 1 amide bonds. The van der Waals surface area contributed by atoms with Crippen molar-refractivity contribution in [2.24, 2.45) is 5.41 Å². The summed E-state index contributed by atoms with van der Waals surface area (Å²) in [6, 6.07) is 11.6. The van der Waals surface area contributed by atoms with Crippen LogP contribution < -0.4 is 0 Å². The third-order valence-corrected chi connectivity index (χ3v) is 8.84. The molecule has 0 saturated heterocycles. The number of hydrogen-bond acceptors (Lipinski definition) is 1. The van der Waals surface area contributed by atoms with E-state index in [4.69, 9.17) is 11.6 Å². The molecule has 54 heavy (non-hydrogen) atoms. The van der Waals surface area contributed by atoms with Crippen LogP contribution in [-0.4, -0.2) is 70.3 Å². The van der Waals surface area contributed by atoms with Crippen molar-refractivity contribution < 1.29 is 97.0 Å². The molecule has 1 aliphatic rings. The van der Waals surface area contributed by atoms with Gasteiger partial charge < -0.3 is 4.90 Å². The number of carbonyl (C=O) groups excluding carboxylic acids is 1. The second-order valence-electron chi connectivity index (χ2n) is 12.2. The summed E-state index contributed by atoms with van der Waals surface area (Å²) in [5.74, 6) is -79.9. The Morgan fingerprint density at radius 1 is 0.574 bits per heavy atom. The van der Waals surface area contributed by atoms with Gasteiger partial charge in [-0.05, 0) is 42.7 Å². The highest BCUT2D eigenvalue weighted by Gasteiger charge is 2.98. The van der Waals surface area contributed by atoms with Gasteiger partial charge in [-0.2, -0.15) is 92.2 Å². The Hall–Kier alpha value is -3.53. The van der Waals surface area contributed by atoms with Crippen molar-refractivity contribution >= 4 is 23.2 Å². The molecular weight excluding hydrogens is 825 g/mol. The molecule has 0 aromatic heterocycles. The SMILES string of the molecule is CC1=C(c2cccc(Cl)c2)N(Cc2ccccc2)C(=O)C1(C)CC(F)(F)C(F)(F)C(F)(F)C(F)(F)C(F)(F)C(F)(F)C(F)(F)C(F)(F)C(F)(F)C(F)(F)F. The summed E-state index contributed by atoms with van der Waals surface area (Å²) in [5, 5.41) is -0.101. The third-order valence-electron chi connectivity index (χ3n) is 8.60. The first-order chi connectivity index (χ1) is 23.9. The predicted octanol–water partition coefficient (Wildman–Crippen LogP) is 11.8. The number of benzene rings is 2. The van der Waals surface area contributed by atoms with Crippen LogP contribution in [0.25, 0.3) is 5.70 Å². The van der Waals surface area contributed by atoms with Crippen molar-refractivity contribution in [2.45, 2.75) is 86.3 Å². The van der Waals surface area contributed by atoms with Crippen LogP contribution in [0.3, 0.4) is 0 Å². The Balaban J connectivity index is 2.16. The molecule has 2 nitrogen and oxygen atoms in total. The van der Waals surface area contributed by atoms with Gasteiger partial charge in [0.1, 0.15) is 0 Å². The summed E-state index contributed by atoms with van der Waals surface area (Å²) >= 11 is 5.92. The lowest BCUT2D eigenvalue weighted by molar-refractivity contribution is -0.474. The highest BCUT2D eigenvalue weighted by atomic mass is 35.5. The van der Waals surface area contributed by atoms with Crippen molar-refractivity contribution in [3.8, 4) is 0 Å². The van der Waals surface area contributed by atoms with Gasteiger partial charge in [-0.3, -0.25) is 4.79 Å². The maximum atomic E-state index is 15.3. The van der Waals surface area contributed by atoms with E-state index in [1.165, 1.54) is 42.5 Å². The number of alkyl halides is 21. The highest BCUT2D eigenvalue weighted by Crippen LogP contribution is 2.67. The Morgan fingerprint density at radius 2 is 0.981 bits per heavy atom. The standard InChI is InChI=1S/C30H19ClF21NO/c1-14-18(16-9-6-10-17(31)11-16)53(12-15-7-4-3-5-8-15)19(54)20(14,2)13-21(32,33)22(34,35)23(36,37)24(38,39)25(40,41)26(42,43)27(44,45)28(46,47)29(48,49)30(50,51)52/h3-11H,12-13H2,1-2H3. The first-order valence-electron chi connectivity index (χ1n) is 14.2. The molecule has 3 rings (SSSR count). The predicted molar refractivity (Wildman–Crippen MR) is 144 cm³/mol. The Kier molecular flexibility index (Phi) is 10.8. The van der Waals surface area contributed by atoms with Gasteiger partial charge in [-0.25, -0.2) is 0 Å². The number of rotatable bonds is 13. The molecule has 0 radical (unpaired) electrons. The quantitative estimate of drug-likeness (QED) is 0.184. The zero-order valence-electron chi connectivity index (χ0n) is 26.3. The number of nitrogens with zero attached hydrogens (tertiary/aromatic N) is 1. The molecule has 0 fully saturated rings. The van der Waals surface area contributed by atoms with Crippen LogP contribution in [0, 0.1) is 5.41 Å². The van der Waals surface area contributed by atoms with Crippen LogP contribution in [0.15, 0.2) is 60.2 Å². The number of halogens is 22. The number of hydrogen-bond donors (Lipinski definition) is 0. The Labute approximate surface area is 293 Å². The van der Waals surface area contributed by atoms with Gasteiger partial charge in [-0.1, -0.05) is 54.1 Å². The van der Waals surface area contributed by atoms with Gasteiger partial charge >= 0.3 is 59.5 Å². The third kappa shape index (κ3) is 6.13. The molecule has 1 aliphatic heterocycles. The zero-order chi connectivity index (χ0) is 42.3. The molecule has 0 aliphatic carbocycles. The minimum absolute atomic E-state index is 0.101. The van der Waals surface area contributed by atoms with E-state index in [1.807, 2.05) is 0 Å². The molecule has 0 bridgehead atoms. The van der Waals surface area contributed by atoms with Gasteiger partial charge in [-0.15, -0.1) is 0 Å². The lowest BCUT2D eigenvalue weighted by Crippen LogP contribution is -2.77. The van der Waals surface area contributed by atoms with Crippen LogP contribution in [-0.2, 0) is 11.3 Å². The first-order valence-corrected chi connectivity index (χ1v) is 14.5. The Bertz CT molecular complexity index is 1770. The summed E-state index contributed by atoms with van der Waals surface area (Å²) in [6.07, 6.45) is -11.1. The maximum absolute atomic E-state index is 15.3. The van der Waals surface area contributed by atoms with E-state index in [9.17, 15) is 88.2 Å². The zero-order valence-corrected chi connectivity index (χ0v) is 27.0. The van der Waals surface area contributed by atoms with Gasteiger partial charge in [0.15, 0.2) is 0 Å². The average molecular weight is 844 g/mol. The van der Waals surface area contributed by atoms with Crippen molar-refractivity contribution in [3.63, 3.8) is 0 Å². The normalized spacial score (nSPS) is 19.3. The molecule has 304 valence electrons. The molecule has 1 atom stereocenters. The minimum Gasteiger partial charge on any atom is -0.307 e. The fourth-order valence-corrected chi connectivity index (χ4v) is 5.49. The van der Waals surface area contributed by atoms with E-state index in [-0.39, 0.29) is 16.1 Å². The van der Waals surface area contributed by atoms with Gasteiger partial charge in [0.2, 0.25) is 5.91 Å². The van der Waals surface area contributed by atoms with Crippen LogP contribution >= 0.6 is 11.6 Å². The minimum atomic E-state index is -9.27. The summed E-state index contributed by atoms with van der Waals surface area (Å²) in [6.45, 7) is 0.485. The topological polar surface area (TPSA) is 20.3 Å². The fourth-order valence-electron chi connectivity index (χ4n) is 5.30. The van der Waals surface area contributed by atoms with Crippen molar-refractivity contribution in [1.29, 1.82) is 0 Å². The van der Waals surface area contributed by atoms with Crippen LogP contribution in [0.2, 0.25) is 5.02 Å². The monoisotopic (exact) mass is 843 g/mol. The van der Waals surface area contributed by atoms with Gasteiger partial charge in [0, 0.05) is 11.4 Å². The summed E-state index contributed by atoms with van der Waals surface area (Å²) in [7, 11) is 0. The fraction of sp³-hybridized carbons (Fsp3) is 0.500. The lowest BCUT2D eigenvalue weighted by atomic mass is 9.75. The van der Waals surface area contributed by atoms with Crippen molar-refractivity contribution in [3.05, 3.63) is 76.3 Å². The largest absolute Gasteiger partial charge is 0.460 e. The smallest absolute Gasteiger partial charge is 0.307 e. The lowest BCUT2D eigenvalue weighted by Gasteiger charge is -2.45. The first kappa shape index (κ1) is 44.9. The molecule has 0 spiro atoms.